The van der Waals surface area contributed by atoms with Crippen LogP contribution in [0.25, 0.3) is 16.5 Å². The summed E-state index contributed by atoms with van der Waals surface area (Å²) in [6.45, 7) is 4.10. The second kappa shape index (κ2) is 4.23. The minimum atomic E-state index is -0.0319. The van der Waals surface area contributed by atoms with E-state index in [1.165, 1.54) is 0 Å². The Labute approximate surface area is 112 Å². The van der Waals surface area contributed by atoms with E-state index in [0.717, 1.165) is 16.3 Å². The van der Waals surface area contributed by atoms with Crippen molar-refractivity contribution in [3.8, 4) is 0 Å². The second-order valence-corrected chi connectivity index (χ2v) is 5.46. The van der Waals surface area contributed by atoms with Crippen molar-refractivity contribution in [3.05, 3.63) is 53.1 Å². The maximum absolute atomic E-state index is 12.5. The van der Waals surface area contributed by atoms with Crippen molar-refractivity contribution in [1.29, 1.82) is 0 Å². The van der Waals surface area contributed by atoms with Gasteiger partial charge >= 0.3 is 0 Å². The van der Waals surface area contributed by atoms with Gasteiger partial charge < -0.3 is 5.11 Å². The average Bonchev–Trinajstić information content (AvgIpc) is 2.40. The molecule has 0 fully saturated rings. The molecular formula is C17H16O2. The quantitative estimate of drug-likeness (QED) is 0.862. The van der Waals surface area contributed by atoms with Crippen LogP contribution in [-0.2, 0) is 0 Å². The SMILES string of the molecule is CC(C)CC1=C(O)c2cccc3cccc(c23)C1=O. The predicted octanol–water partition coefficient (Wildman–Crippen LogP) is 4.35. The summed E-state index contributed by atoms with van der Waals surface area (Å²) in [7, 11) is 0. The van der Waals surface area contributed by atoms with E-state index >= 15 is 0 Å². The zero-order chi connectivity index (χ0) is 13.6. The third-order valence-corrected chi connectivity index (χ3v) is 3.58. The number of hydrogen-bond acceptors (Lipinski definition) is 2. The van der Waals surface area contributed by atoms with Gasteiger partial charge in [-0.15, -0.1) is 0 Å². The molecule has 2 aromatic rings. The number of ketones is 1. The first kappa shape index (κ1) is 12.0. The molecule has 2 aromatic carbocycles. The van der Waals surface area contributed by atoms with E-state index in [1.807, 2.05) is 36.4 Å². The Kier molecular flexibility index (Phi) is 2.67. The first-order chi connectivity index (χ1) is 9.09. The van der Waals surface area contributed by atoms with Crippen molar-refractivity contribution >= 4 is 22.3 Å². The Morgan fingerprint density at radius 2 is 1.68 bits per heavy atom. The molecule has 0 atom stereocenters. The van der Waals surface area contributed by atoms with Crippen LogP contribution in [0.3, 0.4) is 0 Å². The van der Waals surface area contributed by atoms with Crippen molar-refractivity contribution in [3.63, 3.8) is 0 Å². The summed E-state index contributed by atoms with van der Waals surface area (Å²) in [5.74, 6) is 0.462. The summed E-state index contributed by atoms with van der Waals surface area (Å²) in [5.41, 5.74) is 2.03. The number of rotatable bonds is 2. The number of hydrogen-bond donors (Lipinski definition) is 1. The highest BCUT2D eigenvalue weighted by Gasteiger charge is 2.27. The average molecular weight is 252 g/mol. The predicted molar refractivity (Wildman–Crippen MR) is 77.3 cm³/mol. The van der Waals surface area contributed by atoms with E-state index in [4.69, 9.17) is 0 Å². The monoisotopic (exact) mass is 252 g/mol. The lowest BCUT2D eigenvalue weighted by Crippen LogP contribution is -2.14. The zero-order valence-electron chi connectivity index (χ0n) is 11.1. The molecule has 0 bridgehead atoms. The van der Waals surface area contributed by atoms with Gasteiger partial charge in [-0.25, -0.2) is 0 Å². The molecule has 3 rings (SSSR count). The number of Topliss-reactive ketones (excluding diaryl/α,β-unsaturated/α-hetero) is 1. The fourth-order valence-corrected chi connectivity index (χ4v) is 2.76. The molecule has 0 unspecified atom stereocenters. The zero-order valence-corrected chi connectivity index (χ0v) is 11.1. The molecule has 0 saturated heterocycles. The highest BCUT2D eigenvalue weighted by molar-refractivity contribution is 6.23. The largest absolute Gasteiger partial charge is 0.507 e. The molecule has 1 N–H and O–H groups in total. The van der Waals surface area contributed by atoms with Crippen LogP contribution < -0.4 is 0 Å². The van der Waals surface area contributed by atoms with Gasteiger partial charge in [-0.1, -0.05) is 50.2 Å². The lowest BCUT2D eigenvalue weighted by molar-refractivity contribution is 0.102. The standard InChI is InChI=1S/C17H16O2/c1-10(2)9-14-16(18)12-7-3-5-11-6-4-8-13(15(11)12)17(14)19/h3-8,10,18H,9H2,1-2H3. The summed E-state index contributed by atoms with van der Waals surface area (Å²) in [4.78, 5) is 12.5. The first-order valence-corrected chi connectivity index (χ1v) is 6.58. The molecule has 1 aliphatic rings. The van der Waals surface area contributed by atoms with Crippen LogP contribution in [0.2, 0.25) is 0 Å². The highest BCUT2D eigenvalue weighted by atomic mass is 16.3. The second-order valence-electron chi connectivity index (χ2n) is 5.46. The fourth-order valence-electron chi connectivity index (χ4n) is 2.76. The van der Waals surface area contributed by atoms with Crippen molar-refractivity contribution in [2.45, 2.75) is 20.3 Å². The van der Waals surface area contributed by atoms with E-state index in [0.29, 0.717) is 23.5 Å². The molecule has 1 aliphatic carbocycles. The van der Waals surface area contributed by atoms with Gasteiger partial charge in [0.25, 0.3) is 0 Å². The fraction of sp³-hybridized carbons (Fsp3) is 0.235. The minimum Gasteiger partial charge on any atom is -0.507 e. The van der Waals surface area contributed by atoms with Crippen LogP contribution in [0.15, 0.2) is 42.0 Å². The third-order valence-electron chi connectivity index (χ3n) is 3.58. The molecule has 19 heavy (non-hydrogen) atoms. The van der Waals surface area contributed by atoms with Crippen molar-refractivity contribution in [2.24, 2.45) is 5.92 Å². The Balaban J connectivity index is 2.33. The van der Waals surface area contributed by atoms with Gasteiger partial charge in [-0.2, -0.15) is 0 Å². The Bertz CT molecular complexity index is 703. The molecule has 0 spiro atoms. The van der Waals surface area contributed by atoms with Crippen molar-refractivity contribution < 1.29 is 9.90 Å². The van der Waals surface area contributed by atoms with Gasteiger partial charge in [-0.3, -0.25) is 4.79 Å². The van der Waals surface area contributed by atoms with Gasteiger partial charge in [0.15, 0.2) is 5.78 Å². The molecule has 2 heteroatoms. The molecule has 0 aromatic heterocycles. The van der Waals surface area contributed by atoms with E-state index < -0.39 is 0 Å². The summed E-state index contributed by atoms with van der Waals surface area (Å²) in [6.07, 6.45) is 0.607. The molecule has 0 aliphatic heterocycles. The Morgan fingerprint density at radius 1 is 1.05 bits per heavy atom. The third kappa shape index (κ3) is 1.75. The molecule has 0 amide bonds. The summed E-state index contributed by atoms with van der Waals surface area (Å²) in [6, 6.07) is 11.5. The van der Waals surface area contributed by atoms with Crippen molar-refractivity contribution in [1.82, 2.24) is 0 Å². The molecule has 0 radical (unpaired) electrons. The number of aliphatic hydroxyl groups is 1. The normalized spacial score (nSPS) is 14.6. The smallest absolute Gasteiger partial charge is 0.193 e. The van der Waals surface area contributed by atoms with Crippen LogP contribution in [0.5, 0.6) is 0 Å². The van der Waals surface area contributed by atoms with Crippen LogP contribution >= 0.6 is 0 Å². The van der Waals surface area contributed by atoms with Crippen LogP contribution in [0.1, 0.15) is 36.2 Å². The van der Waals surface area contributed by atoms with Gasteiger partial charge in [-0.05, 0) is 17.7 Å². The molecule has 96 valence electrons. The van der Waals surface area contributed by atoms with Gasteiger partial charge in [0.05, 0.1) is 0 Å². The highest BCUT2D eigenvalue weighted by Crippen LogP contribution is 2.36. The summed E-state index contributed by atoms with van der Waals surface area (Å²) >= 11 is 0. The lowest BCUT2D eigenvalue weighted by atomic mass is 9.84. The maximum atomic E-state index is 12.5. The van der Waals surface area contributed by atoms with Crippen LogP contribution in [0, 0.1) is 5.92 Å². The molecule has 2 nitrogen and oxygen atoms in total. The summed E-state index contributed by atoms with van der Waals surface area (Å²) < 4.78 is 0. The molecule has 0 heterocycles. The van der Waals surface area contributed by atoms with Crippen LogP contribution in [0.4, 0.5) is 0 Å². The van der Waals surface area contributed by atoms with Crippen molar-refractivity contribution in [2.75, 3.05) is 0 Å². The first-order valence-electron chi connectivity index (χ1n) is 6.58. The van der Waals surface area contributed by atoms with E-state index in [-0.39, 0.29) is 11.5 Å². The van der Waals surface area contributed by atoms with E-state index in [1.54, 1.807) is 0 Å². The number of carbonyl (C=O) groups is 1. The number of benzene rings is 2. The Morgan fingerprint density at radius 3 is 2.32 bits per heavy atom. The lowest BCUT2D eigenvalue weighted by Gasteiger charge is -2.20. The van der Waals surface area contributed by atoms with Gasteiger partial charge in [0.1, 0.15) is 5.76 Å². The number of allylic oxidation sites excluding steroid dienone is 1. The summed E-state index contributed by atoms with van der Waals surface area (Å²) in [5, 5.41) is 12.3. The molecular weight excluding hydrogens is 236 g/mol. The number of carbonyl (C=O) groups excluding carboxylic acids is 1. The van der Waals surface area contributed by atoms with Gasteiger partial charge in [0, 0.05) is 22.1 Å². The van der Waals surface area contributed by atoms with E-state index in [9.17, 15) is 9.90 Å². The minimum absolute atomic E-state index is 0.0319. The molecule has 0 saturated carbocycles. The number of aliphatic hydroxyl groups excluding tert-OH is 1. The topological polar surface area (TPSA) is 37.3 Å². The van der Waals surface area contributed by atoms with E-state index in [2.05, 4.69) is 13.8 Å². The Hall–Kier alpha value is -2.09. The van der Waals surface area contributed by atoms with Crippen LogP contribution in [-0.4, -0.2) is 10.9 Å². The van der Waals surface area contributed by atoms with Gasteiger partial charge in [0.2, 0.25) is 0 Å². The maximum Gasteiger partial charge on any atom is 0.193 e.